The summed E-state index contributed by atoms with van der Waals surface area (Å²) in [7, 11) is -3.62. The van der Waals surface area contributed by atoms with E-state index in [4.69, 9.17) is 0 Å². The van der Waals surface area contributed by atoms with Gasteiger partial charge in [-0.2, -0.15) is 4.31 Å². The maximum Gasteiger partial charge on any atom is 0.244 e. The molecule has 0 N–H and O–H groups in total. The number of hydrogen-bond acceptors (Lipinski definition) is 3. The van der Waals surface area contributed by atoms with E-state index in [1.807, 2.05) is 44.2 Å². The van der Waals surface area contributed by atoms with Crippen molar-refractivity contribution >= 4 is 21.8 Å². The Bertz CT molecular complexity index is 929. The van der Waals surface area contributed by atoms with E-state index in [9.17, 15) is 8.42 Å². The zero-order valence-corrected chi connectivity index (χ0v) is 16.5. The predicted molar refractivity (Wildman–Crippen MR) is 108 cm³/mol. The molecule has 0 aliphatic rings. The molecule has 2 aromatic rings. The normalized spacial score (nSPS) is 10.6. The van der Waals surface area contributed by atoms with Crippen LogP contribution in [0.4, 0.5) is 0 Å². The Morgan fingerprint density at radius 3 is 2.23 bits per heavy atom. The van der Waals surface area contributed by atoms with Gasteiger partial charge in [0.25, 0.3) is 0 Å². The number of rotatable bonds is 5. The fourth-order valence-electron chi connectivity index (χ4n) is 2.06. The van der Waals surface area contributed by atoms with E-state index < -0.39 is 10.0 Å². The maximum atomic E-state index is 12.9. The summed E-state index contributed by atoms with van der Waals surface area (Å²) in [5.41, 5.74) is 1.01. The Labute approximate surface area is 160 Å². The molecule has 0 aromatic heterocycles. The van der Waals surface area contributed by atoms with Crippen molar-refractivity contribution < 1.29 is 8.42 Å². The van der Waals surface area contributed by atoms with Gasteiger partial charge in [-0.1, -0.05) is 54.7 Å². The molecule has 2 rings (SSSR count). The van der Waals surface area contributed by atoms with Crippen molar-refractivity contribution in [2.45, 2.75) is 30.1 Å². The molecule has 0 heterocycles. The first-order valence-electron chi connectivity index (χ1n) is 8.26. The molecular weight excluding hydrogens is 362 g/mol. The van der Waals surface area contributed by atoms with Gasteiger partial charge in [0, 0.05) is 11.3 Å². The topological polar surface area (TPSA) is 37.4 Å². The summed E-state index contributed by atoms with van der Waals surface area (Å²) in [6.07, 6.45) is 0.688. The minimum atomic E-state index is -3.62. The van der Waals surface area contributed by atoms with E-state index in [2.05, 4.69) is 23.0 Å². The fraction of sp³-hybridized carbons (Fsp3) is 0.238. The van der Waals surface area contributed by atoms with Crippen LogP contribution in [-0.2, 0) is 10.0 Å². The number of nitrogens with zero attached hydrogens (tertiary/aromatic N) is 1. The summed E-state index contributed by atoms with van der Waals surface area (Å²) >= 11 is 1.38. The highest BCUT2D eigenvalue weighted by Gasteiger charge is 2.22. The molecule has 134 valence electrons. The molecule has 0 radical (unpaired) electrons. The van der Waals surface area contributed by atoms with E-state index >= 15 is 0 Å². The first-order chi connectivity index (χ1) is 12.5. The third kappa shape index (κ3) is 5.97. The fourth-order valence-corrected chi connectivity index (χ4v) is 3.85. The van der Waals surface area contributed by atoms with Gasteiger partial charge in [-0.05, 0) is 48.2 Å². The van der Waals surface area contributed by atoms with E-state index in [-0.39, 0.29) is 18.0 Å². The van der Waals surface area contributed by atoms with Crippen LogP contribution in [0.3, 0.4) is 0 Å². The third-order valence-electron chi connectivity index (χ3n) is 3.46. The smallest absolute Gasteiger partial charge is 0.207 e. The average molecular weight is 384 g/mol. The Morgan fingerprint density at radius 2 is 1.58 bits per heavy atom. The standard InChI is InChI=1S/C21H21NO2S2/c1-3-4-8-16-22(17-9-18-25-20-10-6-5-7-11-20)26(23,24)21-14-12-19(2)13-15-21/h5-7,10-15H,3,16-17H2,1-2H3. The summed E-state index contributed by atoms with van der Waals surface area (Å²) < 4.78 is 27.1. The third-order valence-corrected chi connectivity index (χ3v) is 6.02. The molecule has 26 heavy (non-hydrogen) atoms. The number of thioether (sulfide) groups is 1. The minimum absolute atomic E-state index is 0.106. The second-order valence-electron chi connectivity index (χ2n) is 5.49. The van der Waals surface area contributed by atoms with Crippen LogP contribution in [0, 0.1) is 29.9 Å². The van der Waals surface area contributed by atoms with Crippen LogP contribution in [0.1, 0.15) is 18.9 Å². The zero-order valence-electron chi connectivity index (χ0n) is 14.9. The van der Waals surface area contributed by atoms with Crippen molar-refractivity contribution in [1.82, 2.24) is 4.31 Å². The Morgan fingerprint density at radius 1 is 0.923 bits per heavy atom. The van der Waals surface area contributed by atoms with Crippen LogP contribution in [0.25, 0.3) is 0 Å². The van der Waals surface area contributed by atoms with Crippen LogP contribution >= 0.6 is 11.8 Å². The molecular formula is C21H21NO2S2. The molecule has 0 saturated carbocycles. The van der Waals surface area contributed by atoms with Crippen LogP contribution in [0.5, 0.6) is 0 Å². The van der Waals surface area contributed by atoms with E-state index in [1.165, 1.54) is 16.1 Å². The van der Waals surface area contributed by atoms with Gasteiger partial charge in [-0.15, -0.1) is 5.92 Å². The molecule has 0 unspecified atom stereocenters. The van der Waals surface area contributed by atoms with Gasteiger partial charge in [-0.3, -0.25) is 0 Å². The van der Waals surface area contributed by atoms with Gasteiger partial charge in [0.2, 0.25) is 10.0 Å². The summed E-state index contributed by atoms with van der Waals surface area (Å²) in [5.74, 6) is 8.76. The highest BCUT2D eigenvalue weighted by molar-refractivity contribution is 8.04. The second kappa shape index (κ2) is 10.1. The first kappa shape index (κ1) is 20.1. The first-order valence-corrected chi connectivity index (χ1v) is 10.5. The van der Waals surface area contributed by atoms with Crippen molar-refractivity contribution in [3.05, 3.63) is 60.2 Å². The van der Waals surface area contributed by atoms with Crippen LogP contribution < -0.4 is 0 Å². The Kier molecular flexibility index (Phi) is 7.81. The van der Waals surface area contributed by atoms with Gasteiger partial charge in [-0.25, -0.2) is 8.42 Å². The molecule has 0 bridgehead atoms. The SMILES string of the molecule is CCC#CCN(CC#CSc1ccccc1)S(=O)(=O)c1ccc(C)cc1. The molecule has 0 aliphatic heterocycles. The van der Waals surface area contributed by atoms with Crippen molar-refractivity contribution in [2.24, 2.45) is 0 Å². The molecule has 0 aliphatic carbocycles. The van der Waals surface area contributed by atoms with Gasteiger partial charge in [0.05, 0.1) is 18.0 Å². The number of hydrogen-bond donors (Lipinski definition) is 0. The Hall–Kier alpha value is -2.18. The molecule has 0 amide bonds. The van der Waals surface area contributed by atoms with E-state index in [1.54, 1.807) is 24.3 Å². The van der Waals surface area contributed by atoms with Crippen molar-refractivity contribution in [2.75, 3.05) is 13.1 Å². The zero-order chi connectivity index (χ0) is 18.8. The number of aryl methyl sites for hydroxylation is 1. The lowest BCUT2D eigenvalue weighted by Crippen LogP contribution is -2.32. The Balaban J connectivity index is 2.16. The molecule has 3 nitrogen and oxygen atoms in total. The maximum absolute atomic E-state index is 12.9. The molecule has 0 saturated heterocycles. The monoisotopic (exact) mass is 383 g/mol. The predicted octanol–water partition coefficient (Wildman–Crippen LogP) is 4.15. The van der Waals surface area contributed by atoms with E-state index in [0.717, 1.165) is 10.5 Å². The highest BCUT2D eigenvalue weighted by Crippen LogP contribution is 2.17. The molecule has 0 spiro atoms. The van der Waals surface area contributed by atoms with Gasteiger partial charge < -0.3 is 0 Å². The summed E-state index contributed by atoms with van der Waals surface area (Å²) in [4.78, 5) is 1.29. The average Bonchev–Trinajstić information content (AvgIpc) is 2.65. The number of benzene rings is 2. The van der Waals surface area contributed by atoms with E-state index in [0.29, 0.717) is 6.42 Å². The summed E-state index contributed by atoms with van der Waals surface area (Å²) in [5, 5.41) is 2.97. The van der Waals surface area contributed by atoms with Gasteiger partial charge in [0.15, 0.2) is 0 Å². The quantitative estimate of drug-likeness (QED) is 0.575. The lowest BCUT2D eigenvalue weighted by molar-refractivity contribution is 0.482. The lowest BCUT2D eigenvalue weighted by atomic mass is 10.2. The second-order valence-corrected chi connectivity index (χ2v) is 8.30. The van der Waals surface area contributed by atoms with Crippen LogP contribution in [0.2, 0.25) is 0 Å². The highest BCUT2D eigenvalue weighted by atomic mass is 32.2. The number of sulfonamides is 1. The molecule has 0 atom stereocenters. The molecule has 5 heteroatoms. The van der Waals surface area contributed by atoms with Crippen molar-refractivity contribution in [3.63, 3.8) is 0 Å². The molecule has 2 aromatic carbocycles. The molecule has 0 fully saturated rings. The van der Waals surface area contributed by atoms with Crippen molar-refractivity contribution in [3.8, 4) is 23.0 Å². The lowest BCUT2D eigenvalue weighted by Gasteiger charge is -2.17. The largest absolute Gasteiger partial charge is 0.244 e. The van der Waals surface area contributed by atoms with Gasteiger partial charge >= 0.3 is 0 Å². The summed E-state index contributed by atoms with van der Waals surface area (Å²) in [6.45, 7) is 4.10. The van der Waals surface area contributed by atoms with Crippen LogP contribution in [0.15, 0.2) is 64.4 Å². The van der Waals surface area contributed by atoms with Gasteiger partial charge in [0.1, 0.15) is 0 Å². The minimum Gasteiger partial charge on any atom is -0.207 e. The summed E-state index contributed by atoms with van der Waals surface area (Å²) in [6, 6.07) is 16.6. The van der Waals surface area contributed by atoms with Crippen LogP contribution in [-0.4, -0.2) is 25.8 Å². The van der Waals surface area contributed by atoms with Crippen molar-refractivity contribution in [1.29, 1.82) is 0 Å².